The average Bonchev–Trinajstić information content (AvgIpc) is 2.94. The third-order valence-corrected chi connectivity index (χ3v) is 6.03. The van der Waals surface area contributed by atoms with Crippen LogP contribution in [0.3, 0.4) is 0 Å². The molecule has 9 heteroatoms. The molecule has 2 amide bonds. The number of halogens is 1. The van der Waals surface area contributed by atoms with E-state index < -0.39 is 5.66 Å². The number of hydrogen-bond donors (Lipinski definition) is 2. The van der Waals surface area contributed by atoms with Crippen molar-refractivity contribution in [2.75, 3.05) is 11.1 Å². The molecular formula is C19H14BrN5O2S. The van der Waals surface area contributed by atoms with Crippen LogP contribution in [0.1, 0.15) is 12.5 Å². The topological polar surface area (TPSA) is 86.2 Å². The van der Waals surface area contributed by atoms with Crippen LogP contribution >= 0.6 is 27.7 Å². The number of nitrogens with one attached hydrogen (secondary N) is 2. The molecule has 0 aromatic heterocycles. The molecule has 5 rings (SSSR count). The summed E-state index contributed by atoms with van der Waals surface area (Å²) in [6.07, 6.45) is 0. The van der Waals surface area contributed by atoms with E-state index in [0.717, 1.165) is 10.2 Å². The van der Waals surface area contributed by atoms with Crippen molar-refractivity contribution in [2.45, 2.75) is 12.6 Å². The summed E-state index contributed by atoms with van der Waals surface area (Å²) in [7, 11) is 0. The number of hydrogen-bond acceptors (Lipinski definition) is 6. The first-order valence-corrected chi connectivity index (χ1v) is 10.5. The van der Waals surface area contributed by atoms with Crippen LogP contribution in [-0.2, 0) is 15.3 Å². The Balaban J connectivity index is 1.89. The summed E-state index contributed by atoms with van der Waals surface area (Å²) in [5.41, 5.74) is 0.147. The van der Waals surface area contributed by atoms with Crippen LogP contribution in [0.2, 0.25) is 0 Å². The van der Waals surface area contributed by atoms with Gasteiger partial charge in [-0.1, -0.05) is 52.8 Å². The van der Waals surface area contributed by atoms with Crippen molar-refractivity contribution >= 4 is 56.1 Å². The Bertz CT molecular complexity index is 1210. The largest absolute Gasteiger partial charge is 0.321 e. The first kappa shape index (κ1) is 17.4. The second-order valence-electron chi connectivity index (χ2n) is 6.40. The van der Waals surface area contributed by atoms with Crippen LogP contribution in [0.25, 0.3) is 5.70 Å². The van der Waals surface area contributed by atoms with Crippen LogP contribution in [0.15, 0.2) is 57.0 Å². The minimum atomic E-state index is -1.47. The maximum atomic E-state index is 13.3. The summed E-state index contributed by atoms with van der Waals surface area (Å²) >= 11 is 4.88. The average molecular weight is 456 g/mol. The molecule has 1 atom stereocenters. The highest BCUT2D eigenvalue weighted by Gasteiger charge is 2.56. The minimum Gasteiger partial charge on any atom is -0.321 e. The Morgan fingerprint density at radius 3 is 2.82 bits per heavy atom. The summed E-state index contributed by atoms with van der Waals surface area (Å²) < 4.78 is 0.811. The van der Waals surface area contributed by atoms with Gasteiger partial charge < -0.3 is 5.32 Å². The summed E-state index contributed by atoms with van der Waals surface area (Å²) in [5, 5.41) is 13.5. The third kappa shape index (κ3) is 2.29. The molecule has 0 radical (unpaired) electrons. The molecule has 28 heavy (non-hydrogen) atoms. The molecule has 0 bridgehead atoms. The van der Waals surface area contributed by atoms with Gasteiger partial charge in [0, 0.05) is 20.9 Å². The van der Waals surface area contributed by atoms with E-state index in [9.17, 15) is 9.59 Å². The molecule has 0 aliphatic carbocycles. The molecule has 3 heterocycles. The zero-order chi connectivity index (χ0) is 19.5. The number of rotatable bonds is 1. The fourth-order valence-corrected chi connectivity index (χ4v) is 4.59. The number of benzene rings is 2. The van der Waals surface area contributed by atoms with Gasteiger partial charge in [0.1, 0.15) is 5.70 Å². The van der Waals surface area contributed by atoms with Crippen LogP contribution in [-0.4, -0.2) is 27.7 Å². The Labute approximate surface area is 172 Å². The number of carbonyl (C=O) groups excluding carboxylic acids is 2. The molecule has 140 valence electrons. The van der Waals surface area contributed by atoms with E-state index >= 15 is 0 Å². The maximum Gasteiger partial charge on any atom is 0.279 e. The number of fused-ring (bicyclic) bond motifs is 5. The smallest absolute Gasteiger partial charge is 0.279 e. The fourth-order valence-electron chi connectivity index (χ4n) is 3.65. The maximum absolute atomic E-state index is 13.3. The Morgan fingerprint density at radius 2 is 2.00 bits per heavy atom. The lowest BCUT2D eigenvalue weighted by Crippen LogP contribution is -2.59. The molecular weight excluding hydrogens is 442 g/mol. The zero-order valence-electron chi connectivity index (χ0n) is 14.7. The Kier molecular flexibility index (Phi) is 3.85. The van der Waals surface area contributed by atoms with Gasteiger partial charge in [-0.2, -0.15) is 0 Å². The molecule has 2 aromatic rings. The van der Waals surface area contributed by atoms with E-state index in [1.807, 2.05) is 43.3 Å². The molecule has 1 spiro atoms. The lowest BCUT2D eigenvalue weighted by Gasteiger charge is -2.39. The van der Waals surface area contributed by atoms with E-state index in [2.05, 4.69) is 31.7 Å². The zero-order valence-corrected chi connectivity index (χ0v) is 17.1. The number of thioether (sulfide) groups is 1. The number of para-hydroxylation sites is 1. The van der Waals surface area contributed by atoms with Gasteiger partial charge in [-0.05, 0) is 30.0 Å². The predicted octanol–water partition coefficient (Wildman–Crippen LogP) is 1.45. The van der Waals surface area contributed by atoms with Gasteiger partial charge in [0.05, 0.1) is 5.36 Å². The number of carbonyl (C=O) groups is 2. The van der Waals surface area contributed by atoms with Gasteiger partial charge in [0.25, 0.3) is 17.5 Å². The number of amidine groups is 1. The quantitative estimate of drug-likeness (QED) is 0.681. The van der Waals surface area contributed by atoms with Gasteiger partial charge in [0.15, 0.2) is 5.17 Å². The first-order chi connectivity index (χ1) is 13.5. The monoisotopic (exact) mass is 455 g/mol. The van der Waals surface area contributed by atoms with E-state index in [4.69, 9.17) is 4.99 Å². The molecule has 3 aliphatic rings. The third-order valence-electron chi connectivity index (χ3n) is 4.79. The van der Waals surface area contributed by atoms with Crippen molar-refractivity contribution in [3.05, 3.63) is 63.1 Å². The number of amides is 2. The Morgan fingerprint density at radius 1 is 1.18 bits per heavy atom. The van der Waals surface area contributed by atoms with Crippen molar-refractivity contribution < 1.29 is 9.59 Å². The molecule has 0 saturated heterocycles. The van der Waals surface area contributed by atoms with Crippen LogP contribution in [0.5, 0.6) is 0 Å². The standard InChI is InChI=1S/C19H14BrN5O2S/c1-2-28-18-22-16(26)15-11-5-3-4-6-13(11)23-19(25(15)24-18)12-9-10(20)7-8-14(12)21-17(19)27/h3-9H,2H2,1H3,(H,21,27)(H,22,24,26). The molecule has 3 aliphatic heterocycles. The van der Waals surface area contributed by atoms with E-state index in [1.54, 1.807) is 6.07 Å². The van der Waals surface area contributed by atoms with Gasteiger partial charge in [0.2, 0.25) is 0 Å². The predicted molar refractivity (Wildman–Crippen MR) is 111 cm³/mol. The molecule has 2 aromatic carbocycles. The van der Waals surface area contributed by atoms with Gasteiger partial charge >= 0.3 is 0 Å². The molecule has 0 fully saturated rings. The van der Waals surface area contributed by atoms with Gasteiger partial charge in [-0.25, -0.2) is 10.0 Å². The number of nitrogens with zero attached hydrogens (tertiary/aromatic N) is 3. The molecule has 2 N–H and O–H groups in total. The SMILES string of the molecule is CCSC1=NN2C(=c3ccccc3=NC23C(=O)Nc2ccc(Br)cc23)C(=O)N1. The van der Waals surface area contributed by atoms with E-state index in [0.29, 0.717) is 32.7 Å². The lowest BCUT2D eigenvalue weighted by molar-refractivity contribution is -0.127. The number of anilines is 1. The molecule has 0 saturated carbocycles. The summed E-state index contributed by atoms with van der Waals surface area (Å²) in [4.78, 5) is 31.1. The van der Waals surface area contributed by atoms with E-state index in [-0.39, 0.29) is 11.8 Å². The van der Waals surface area contributed by atoms with Crippen molar-refractivity contribution in [1.29, 1.82) is 0 Å². The van der Waals surface area contributed by atoms with Gasteiger partial charge in [-0.3, -0.25) is 14.9 Å². The normalized spacial score (nSPS) is 22.0. The first-order valence-electron chi connectivity index (χ1n) is 8.68. The van der Waals surface area contributed by atoms with Gasteiger partial charge in [-0.15, -0.1) is 5.10 Å². The molecule has 7 nitrogen and oxygen atoms in total. The van der Waals surface area contributed by atoms with Crippen molar-refractivity contribution in [2.24, 2.45) is 10.1 Å². The van der Waals surface area contributed by atoms with Crippen molar-refractivity contribution in [3.8, 4) is 0 Å². The van der Waals surface area contributed by atoms with Crippen molar-refractivity contribution in [3.63, 3.8) is 0 Å². The summed E-state index contributed by atoms with van der Waals surface area (Å²) in [6, 6.07) is 12.8. The highest BCUT2D eigenvalue weighted by atomic mass is 79.9. The van der Waals surface area contributed by atoms with Crippen LogP contribution in [0, 0.1) is 0 Å². The second-order valence-corrected chi connectivity index (χ2v) is 8.57. The molecule has 1 unspecified atom stereocenters. The van der Waals surface area contributed by atoms with Crippen LogP contribution < -0.4 is 21.2 Å². The Hall–Kier alpha value is -2.65. The highest BCUT2D eigenvalue weighted by Crippen LogP contribution is 2.46. The number of hydrazone groups is 1. The lowest BCUT2D eigenvalue weighted by atomic mass is 9.97. The summed E-state index contributed by atoms with van der Waals surface area (Å²) in [5.74, 6) is 0.0907. The second kappa shape index (κ2) is 6.18. The van der Waals surface area contributed by atoms with Crippen molar-refractivity contribution in [1.82, 2.24) is 10.3 Å². The van der Waals surface area contributed by atoms with E-state index in [1.165, 1.54) is 16.8 Å². The van der Waals surface area contributed by atoms with Crippen LogP contribution in [0.4, 0.5) is 5.69 Å². The summed E-state index contributed by atoms with van der Waals surface area (Å²) in [6.45, 7) is 1.97. The fraction of sp³-hybridized carbons (Fsp3) is 0.158. The minimum absolute atomic E-state index is 0.302. The highest BCUT2D eigenvalue weighted by molar-refractivity contribution is 9.10.